The maximum absolute atomic E-state index is 2.36. The Morgan fingerprint density at radius 2 is 0.943 bits per heavy atom. The maximum Gasteiger partial charge on any atom is 0.0528 e. The van der Waals surface area contributed by atoms with Gasteiger partial charge in [-0.2, -0.15) is 0 Å². The zero-order valence-corrected chi connectivity index (χ0v) is 19.2. The van der Waals surface area contributed by atoms with Crippen LogP contribution in [0, 0.1) is 0 Å². The Balaban J connectivity index is 1.64. The molecule has 6 aromatic carbocycles. The van der Waals surface area contributed by atoms with E-state index in [0.717, 1.165) is 0 Å². The molecule has 0 aliphatic rings. The summed E-state index contributed by atoms with van der Waals surface area (Å²) >= 11 is 0. The van der Waals surface area contributed by atoms with Crippen molar-refractivity contribution in [1.82, 2.24) is 4.57 Å². The lowest BCUT2D eigenvalue weighted by atomic mass is 9.86. The normalized spacial score (nSPS) is 11.4. The number of rotatable bonds is 3. The molecular weight excluding hydrogens is 422 g/mol. The number of nitrogens with zero attached hydrogens (tertiary/aromatic N) is 1. The molecule has 0 bridgehead atoms. The Bertz CT molecular complexity index is 1830. The first-order chi connectivity index (χ1) is 17.4. The number of hydrogen-bond acceptors (Lipinski definition) is 0. The molecule has 0 radical (unpaired) electrons. The molecule has 0 aliphatic carbocycles. The third kappa shape index (κ3) is 3.17. The van der Waals surface area contributed by atoms with E-state index >= 15 is 0 Å². The lowest BCUT2D eigenvalue weighted by Gasteiger charge is -2.19. The van der Waals surface area contributed by atoms with Crippen molar-refractivity contribution in [3.63, 3.8) is 0 Å². The second-order valence-corrected chi connectivity index (χ2v) is 9.00. The third-order valence-corrected chi connectivity index (χ3v) is 7.01. The van der Waals surface area contributed by atoms with Crippen LogP contribution in [-0.2, 0) is 0 Å². The lowest BCUT2D eigenvalue weighted by molar-refractivity contribution is 1.13. The molecule has 0 spiro atoms. The Labute approximate surface area is 204 Å². The van der Waals surface area contributed by atoms with Crippen LogP contribution in [0.1, 0.15) is 0 Å². The Morgan fingerprint density at radius 1 is 0.400 bits per heavy atom. The second kappa shape index (κ2) is 8.00. The molecular formula is C34H23N. The first-order valence-corrected chi connectivity index (χ1v) is 12.0. The molecule has 1 heterocycles. The zero-order chi connectivity index (χ0) is 23.2. The van der Waals surface area contributed by atoms with Crippen molar-refractivity contribution in [3.05, 3.63) is 140 Å². The van der Waals surface area contributed by atoms with Gasteiger partial charge in [-0.25, -0.2) is 0 Å². The Morgan fingerprint density at radius 3 is 1.63 bits per heavy atom. The van der Waals surface area contributed by atoms with Gasteiger partial charge in [0.25, 0.3) is 0 Å². The quantitative estimate of drug-likeness (QED) is 0.239. The van der Waals surface area contributed by atoms with Crippen LogP contribution >= 0.6 is 0 Å². The highest BCUT2D eigenvalue weighted by Gasteiger charge is 2.17. The fraction of sp³-hybridized carbons (Fsp3) is 0. The van der Waals surface area contributed by atoms with E-state index in [1.165, 1.54) is 60.4 Å². The van der Waals surface area contributed by atoms with Gasteiger partial charge < -0.3 is 4.57 Å². The van der Waals surface area contributed by atoms with Crippen LogP contribution in [0.3, 0.4) is 0 Å². The van der Waals surface area contributed by atoms with E-state index in [2.05, 4.69) is 144 Å². The van der Waals surface area contributed by atoms with Gasteiger partial charge in [-0.05, 0) is 73.5 Å². The van der Waals surface area contributed by atoms with Gasteiger partial charge in [0.1, 0.15) is 0 Å². The summed E-state index contributed by atoms with van der Waals surface area (Å²) in [6.07, 6.45) is 2.17. The monoisotopic (exact) mass is 445 g/mol. The smallest absolute Gasteiger partial charge is 0.0528 e. The predicted octanol–water partition coefficient (Wildman–Crippen LogP) is 9.27. The van der Waals surface area contributed by atoms with Gasteiger partial charge in [-0.3, -0.25) is 0 Å². The SMILES string of the molecule is c1ccc(-c2c3ccccc3c(-c3ccccc3)c3cc(-n4ccc5ccccc54)ccc23)cc1. The van der Waals surface area contributed by atoms with Gasteiger partial charge in [0.2, 0.25) is 0 Å². The highest BCUT2D eigenvalue weighted by molar-refractivity contribution is 6.21. The van der Waals surface area contributed by atoms with Crippen LogP contribution in [-0.4, -0.2) is 4.57 Å². The summed E-state index contributed by atoms with van der Waals surface area (Å²) in [7, 11) is 0. The van der Waals surface area contributed by atoms with Gasteiger partial charge in [0.05, 0.1) is 5.52 Å². The van der Waals surface area contributed by atoms with Gasteiger partial charge in [-0.1, -0.05) is 109 Å². The number of fused-ring (bicyclic) bond motifs is 3. The number of benzene rings is 6. The van der Waals surface area contributed by atoms with Crippen LogP contribution in [0.2, 0.25) is 0 Å². The van der Waals surface area contributed by atoms with Crippen LogP contribution in [0.5, 0.6) is 0 Å². The second-order valence-electron chi connectivity index (χ2n) is 9.00. The van der Waals surface area contributed by atoms with E-state index in [-0.39, 0.29) is 0 Å². The molecule has 164 valence electrons. The number of para-hydroxylation sites is 1. The Kier molecular flexibility index (Phi) is 4.53. The van der Waals surface area contributed by atoms with Crippen molar-refractivity contribution in [1.29, 1.82) is 0 Å². The molecule has 0 amide bonds. The average molecular weight is 446 g/mol. The van der Waals surface area contributed by atoms with E-state index in [0.29, 0.717) is 0 Å². The molecule has 1 heteroatoms. The van der Waals surface area contributed by atoms with Crippen molar-refractivity contribution >= 4 is 32.4 Å². The summed E-state index contributed by atoms with van der Waals surface area (Å²) in [6.45, 7) is 0. The summed E-state index contributed by atoms with van der Waals surface area (Å²) in [5.41, 5.74) is 7.45. The molecule has 0 atom stereocenters. The van der Waals surface area contributed by atoms with Crippen molar-refractivity contribution in [2.24, 2.45) is 0 Å². The molecule has 35 heavy (non-hydrogen) atoms. The third-order valence-electron chi connectivity index (χ3n) is 7.01. The lowest BCUT2D eigenvalue weighted by Crippen LogP contribution is -1.95. The van der Waals surface area contributed by atoms with E-state index < -0.39 is 0 Å². The molecule has 0 saturated carbocycles. The maximum atomic E-state index is 2.36. The van der Waals surface area contributed by atoms with E-state index in [1.807, 2.05) is 0 Å². The summed E-state index contributed by atoms with van der Waals surface area (Å²) in [4.78, 5) is 0. The standard InChI is InChI=1S/C34H23N/c1-3-12-25(13-4-1)33-28-16-8-9-17-29(28)34(26-14-5-2-6-15-26)31-23-27(19-20-30(31)33)35-22-21-24-11-7-10-18-32(24)35/h1-23H. The fourth-order valence-corrected chi connectivity index (χ4v) is 5.46. The molecule has 0 saturated heterocycles. The van der Waals surface area contributed by atoms with Crippen LogP contribution in [0.15, 0.2) is 140 Å². The predicted molar refractivity (Wildman–Crippen MR) is 149 cm³/mol. The van der Waals surface area contributed by atoms with Gasteiger partial charge in [0.15, 0.2) is 0 Å². The van der Waals surface area contributed by atoms with E-state index in [9.17, 15) is 0 Å². The van der Waals surface area contributed by atoms with Crippen molar-refractivity contribution in [2.45, 2.75) is 0 Å². The highest BCUT2D eigenvalue weighted by atomic mass is 15.0. The summed E-state index contributed by atoms with van der Waals surface area (Å²) in [6, 6.07) is 48.1. The van der Waals surface area contributed by atoms with Crippen molar-refractivity contribution in [3.8, 4) is 27.9 Å². The summed E-state index contributed by atoms with van der Waals surface area (Å²) in [5, 5.41) is 6.35. The molecule has 0 N–H and O–H groups in total. The zero-order valence-electron chi connectivity index (χ0n) is 19.2. The summed E-state index contributed by atoms with van der Waals surface area (Å²) < 4.78 is 2.29. The minimum atomic E-state index is 1.17. The average Bonchev–Trinajstić information content (AvgIpc) is 3.36. The molecule has 7 aromatic rings. The minimum absolute atomic E-state index is 1.17. The molecule has 0 aliphatic heterocycles. The van der Waals surface area contributed by atoms with Crippen LogP contribution < -0.4 is 0 Å². The first kappa shape index (κ1) is 19.8. The first-order valence-electron chi connectivity index (χ1n) is 12.0. The molecule has 1 aromatic heterocycles. The van der Waals surface area contributed by atoms with Crippen molar-refractivity contribution < 1.29 is 0 Å². The molecule has 7 rings (SSSR count). The summed E-state index contributed by atoms with van der Waals surface area (Å²) in [5.74, 6) is 0. The van der Waals surface area contributed by atoms with Crippen LogP contribution in [0.25, 0.3) is 60.4 Å². The van der Waals surface area contributed by atoms with Gasteiger partial charge >= 0.3 is 0 Å². The largest absolute Gasteiger partial charge is 0.317 e. The highest BCUT2D eigenvalue weighted by Crippen LogP contribution is 2.44. The number of aromatic nitrogens is 1. The fourth-order valence-electron chi connectivity index (χ4n) is 5.46. The van der Waals surface area contributed by atoms with Crippen LogP contribution in [0.4, 0.5) is 0 Å². The Hall–Kier alpha value is -4.62. The van der Waals surface area contributed by atoms with Gasteiger partial charge in [0, 0.05) is 11.9 Å². The molecule has 1 nitrogen and oxygen atoms in total. The van der Waals surface area contributed by atoms with E-state index in [1.54, 1.807) is 0 Å². The molecule has 0 fully saturated rings. The van der Waals surface area contributed by atoms with Gasteiger partial charge in [-0.15, -0.1) is 0 Å². The topological polar surface area (TPSA) is 4.93 Å². The minimum Gasteiger partial charge on any atom is -0.317 e. The van der Waals surface area contributed by atoms with E-state index in [4.69, 9.17) is 0 Å². The molecule has 0 unspecified atom stereocenters. The number of hydrogen-bond donors (Lipinski definition) is 0. The van der Waals surface area contributed by atoms with Crippen molar-refractivity contribution in [2.75, 3.05) is 0 Å².